The topological polar surface area (TPSA) is 76.4 Å². The summed E-state index contributed by atoms with van der Waals surface area (Å²) in [4.78, 5) is 24.2. The molecule has 0 heterocycles. The lowest BCUT2D eigenvalue weighted by molar-refractivity contribution is -0.148. The van der Waals surface area contributed by atoms with E-state index in [9.17, 15) is 14.9 Å². The maximum absolute atomic E-state index is 12.3. The van der Waals surface area contributed by atoms with E-state index in [0.29, 0.717) is 24.0 Å². The quantitative estimate of drug-likeness (QED) is 0.724. The monoisotopic (exact) mass is 303 g/mol. The molecule has 1 unspecified atom stereocenters. The Bertz CT molecular complexity index is 576. The van der Waals surface area contributed by atoms with Gasteiger partial charge in [-0.1, -0.05) is 25.5 Å². The highest BCUT2D eigenvalue weighted by molar-refractivity contribution is 5.91. The van der Waals surface area contributed by atoms with Crippen LogP contribution >= 0.6 is 0 Å². The molecule has 1 aromatic rings. The van der Waals surface area contributed by atoms with Crippen LogP contribution in [-0.4, -0.2) is 25.2 Å². The van der Waals surface area contributed by atoms with Gasteiger partial charge in [0.15, 0.2) is 5.41 Å². The third-order valence-corrected chi connectivity index (χ3v) is 3.31. The average Bonchev–Trinajstić information content (AvgIpc) is 2.53. The summed E-state index contributed by atoms with van der Waals surface area (Å²) in [6, 6.07) is 8.53. The molecular formula is C17H21NO4. The molecule has 1 atom stereocenters. The van der Waals surface area contributed by atoms with Crippen molar-refractivity contribution >= 4 is 11.9 Å². The molecule has 0 radical (unpaired) electrons. The van der Waals surface area contributed by atoms with Gasteiger partial charge in [-0.25, -0.2) is 9.59 Å². The lowest BCUT2D eigenvalue weighted by atomic mass is 9.77. The van der Waals surface area contributed by atoms with E-state index >= 15 is 0 Å². The summed E-state index contributed by atoms with van der Waals surface area (Å²) in [5, 5.41) is 9.62. The number of benzene rings is 1. The lowest BCUT2D eigenvalue weighted by Gasteiger charge is -2.24. The second kappa shape index (κ2) is 8.18. The molecule has 22 heavy (non-hydrogen) atoms. The van der Waals surface area contributed by atoms with Gasteiger partial charge in [0.25, 0.3) is 0 Å². The van der Waals surface area contributed by atoms with Gasteiger partial charge in [-0.05, 0) is 38.0 Å². The third kappa shape index (κ3) is 3.64. The zero-order valence-corrected chi connectivity index (χ0v) is 13.2. The van der Waals surface area contributed by atoms with Crippen LogP contribution in [0.4, 0.5) is 0 Å². The SMILES string of the molecule is CCCC(C#N)(C(=O)OCC)c1cccc(C(=O)OCC)c1. The minimum absolute atomic E-state index is 0.198. The Balaban J connectivity index is 3.31. The number of hydrogen-bond acceptors (Lipinski definition) is 5. The number of hydrogen-bond donors (Lipinski definition) is 0. The molecular weight excluding hydrogens is 282 g/mol. The van der Waals surface area contributed by atoms with Crippen LogP contribution in [0.3, 0.4) is 0 Å². The third-order valence-electron chi connectivity index (χ3n) is 3.31. The Hall–Kier alpha value is -2.35. The van der Waals surface area contributed by atoms with Crippen molar-refractivity contribution in [2.75, 3.05) is 13.2 Å². The van der Waals surface area contributed by atoms with Crippen LogP contribution in [0.25, 0.3) is 0 Å². The summed E-state index contributed by atoms with van der Waals surface area (Å²) >= 11 is 0. The molecule has 5 heteroatoms. The standard InChI is InChI=1S/C17H21NO4/c1-4-10-17(12-18,16(20)22-6-3)14-9-7-8-13(11-14)15(19)21-5-2/h7-9,11H,4-6,10H2,1-3H3. The van der Waals surface area contributed by atoms with Gasteiger partial charge in [-0.2, -0.15) is 5.26 Å². The number of esters is 2. The smallest absolute Gasteiger partial charge is 0.338 e. The molecule has 0 spiro atoms. The molecule has 0 fully saturated rings. The van der Waals surface area contributed by atoms with Gasteiger partial charge in [0, 0.05) is 0 Å². The van der Waals surface area contributed by atoms with Crippen LogP contribution in [0.15, 0.2) is 24.3 Å². The number of carbonyl (C=O) groups excluding carboxylic acids is 2. The molecule has 0 N–H and O–H groups in total. The molecule has 118 valence electrons. The molecule has 0 amide bonds. The van der Waals surface area contributed by atoms with E-state index in [2.05, 4.69) is 6.07 Å². The van der Waals surface area contributed by atoms with Crippen molar-refractivity contribution < 1.29 is 19.1 Å². The molecule has 0 aliphatic heterocycles. The first kappa shape index (κ1) is 17.7. The Kier molecular flexibility index (Phi) is 6.58. The normalized spacial score (nSPS) is 12.8. The van der Waals surface area contributed by atoms with Gasteiger partial charge >= 0.3 is 11.9 Å². The van der Waals surface area contributed by atoms with Crippen LogP contribution in [0.5, 0.6) is 0 Å². The van der Waals surface area contributed by atoms with Crippen LogP contribution in [0, 0.1) is 11.3 Å². The molecule has 5 nitrogen and oxygen atoms in total. The number of ether oxygens (including phenoxy) is 2. The van der Waals surface area contributed by atoms with Crippen molar-refractivity contribution in [2.45, 2.75) is 39.0 Å². The van der Waals surface area contributed by atoms with Crippen LogP contribution in [0.1, 0.15) is 49.5 Å². The van der Waals surface area contributed by atoms with Crippen LogP contribution < -0.4 is 0 Å². The van der Waals surface area contributed by atoms with Gasteiger partial charge in [-0.3, -0.25) is 0 Å². The van der Waals surface area contributed by atoms with Crippen molar-refractivity contribution in [1.29, 1.82) is 5.26 Å². The minimum Gasteiger partial charge on any atom is -0.465 e. The summed E-state index contributed by atoms with van der Waals surface area (Å²) in [7, 11) is 0. The van der Waals surface area contributed by atoms with Gasteiger partial charge in [0.1, 0.15) is 0 Å². The first-order valence-corrected chi connectivity index (χ1v) is 7.41. The molecule has 0 saturated carbocycles. The Morgan fingerprint density at radius 3 is 2.41 bits per heavy atom. The molecule has 0 aliphatic rings. The summed E-state index contributed by atoms with van der Waals surface area (Å²) in [5.41, 5.74) is -0.618. The fraction of sp³-hybridized carbons (Fsp3) is 0.471. The Labute approximate surface area is 130 Å². The summed E-state index contributed by atoms with van der Waals surface area (Å²) in [6.45, 7) is 5.77. The molecule has 0 aliphatic carbocycles. The van der Waals surface area contributed by atoms with E-state index < -0.39 is 17.4 Å². The van der Waals surface area contributed by atoms with Crippen molar-refractivity contribution in [3.8, 4) is 6.07 Å². The number of nitriles is 1. The second-order valence-electron chi connectivity index (χ2n) is 4.79. The molecule has 0 bridgehead atoms. The van der Waals surface area contributed by atoms with Crippen molar-refractivity contribution in [2.24, 2.45) is 0 Å². The van der Waals surface area contributed by atoms with Gasteiger partial charge in [0.2, 0.25) is 0 Å². The van der Waals surface area contributed by atoms with Crippen LogP contribution in [-0.2, 0) is 19.7 Å². The van der Waals surface area contributed by atoms with Gasteiger partial charge in [-0.15, -0.1) is 0 Å². The van der Waals surface area contributed by atoms with E-state index in [1.54, 1.807) is 32.0 Å². The number of nitrogens with zero attached hydrogens (tertiary/aromatic N) is 1. The van der Waals surface area contributed by atoms with Gasteiger partial charge in [0.05, 0.1) is 24.8 Å². The summed E-state index contributed by atoms with van der Waals surface area (Å²) in [5.74, 6) is -1.06. The molecule has 0 aromatic heterocycles. The summed E-state index contributed by atoms with van der Waals surface area (Å²) in [6.07, 6.45) is 0.963. The fourth-order valence-corrected chi connectivity index (χ4v) is 2.29. The lowest BCUT2D eigenvalue weighted by Crippen LogP contribution is -2.36. The van der Waals surface area contributed by atoms with Crippen molar-refractivity contribution in [3.05, 3.63) is 35.4 Å². The van der Waals surface area contributed by atoms with Crippen molar-refractivity contribution in [3.63, 3.8) is 0 Å². The largest absolute Gasteiger partial charge is 0.465 e. The molecule has 1 rings (SSSR count). The maximum atomic E-state index is 12.3. The highest BCUT2D eigenvalue weighted by Gasteiger charge is 2.41. The van der Waals surface area contributed by atoms with Crippen molar-refractivity contribution in [1.82, 2.24) is 0 Å². The average molecular weight is 303 g/mol. The first-order valence-electron chi connectivity index (χ1n) is 7.41. The fourth-order valence-electron chi connectivity index (χ4n) is 2.29. The predicted octanol–water partition coefficient (Wildman–Crippen LogP) is 2.99. The van der Waals surface area contributed by atoms with Crippen LogP contribution in [0.2, 0.25) is 0 Å². The predicted molar refractivity (Wildman–Crippen MR) is 81.2 cm³/mol. The van der Waals surface area contributed by atoms with E-state index in [0.717, 1.165) is 0 Å². The van der Waals surface area contributed by atoms with E-state index in [-0.39, 0.29) is 13.2 Å². The highest BCUT2D eigenvalue weighted by Crippen LogP contribution is 2.31. The Morgan fingerprint density at radius 2 is 1.86 bits per heavy atom. The highest BCUT2D eigenvalue weighted by atomic mass is 16.5. The summed E-state index contributed by atoms with van der Waals surface area (Å²) < 4.78 is 10.0. The molecule has 0 saturated heterocycles. The first-order chi connectivity index (χ1) is 10.6. The minimum atomic E-state index is -1.40. The molecule has 1 aromatic carbocycles. The van der Waals surface area contributed by atoms with E-state index in [1.807, 2.05) is 6.92 Å². The number of rotatable bonds is 7. The van der Waals surface area contributed by atoms with E-state index in [1.165, 1.54) is 6.07 Å². The number of carbonyl (C=O) groups is 2. The maximum Gasteiger partial charge on any atom is 0.338 e. The zero-order chi connectivity index (χ0) is 16.6. The van der Waals surface area contributed by atoms with E-state index in [4.69, 9.17) is 9.47 Å². The zero-order valence-electron chi connectivity index (χ0n) is 13.2. The van der Waals surface area contributed by atoms with Gasteiger partial charge < -0.3 is 9.47 Å². The second-order valence-corrected chi connectivity index (χ2v) is 4.79. The Morgan fingerprint density at radius 1 is 1.18 bits per heavy atom.